The minimum atomic E-state index is -1.09. The molecule has 0 fully saturated rings. The van der Waals surface area contributed by atoms with E-state index < -0.39 is 17.6 Å². The molecule has 2 aromatic carbocycles. The normalized spacial score (nSPS) is 10.7. The molecule has 0 spiro atoms. The highest BCUT2D eigenvalue weighted by molar-refractivity contribution is 5.85. The second-order valence-corrected chi connectivity index (χ2v) is 3.89. The molecule has 0 saturated carbocycles. The molecule has 0 heterocycles. The average molecular weight is 276 g/mol. The number of halogens is 2. The number of rotatable bonds is 4. The van der Waals surface area contributed by atoms with Gasteiger partial charge in [-0.3, -0.25) is 0 Å². The molecular weight excluding hydrogens is 266 g/mol. The van der Waals surface area contributed by atoms with Gasteiger partial charge in [0.05, 0.1) is 0 Å². The van der Waals surface area contributed by atoms with Gasteiger partial charge in [0, 0.05) is 17.7 Å². The van der Waals surface area contributed by atoms with Gasteiger partial charge in [-0.25, -0.2) is 13.6 Å². The van der Waals surface area contributed by atoms with E-state index in [1.54, 1.807) is 24.3 Å². The summed E-state index contributed by atoms with van der Waals surface area (Å²) in [5.74, 6) is -2.60. The van der Waals surface area contributed by atoms with E-state index in [4.69, 9.17) is 9.84 Å². The average Bonchev–Trinajstić information content (AvgIpc) is 2.42. The lowest BCUT2D eigenvalue weighted by molar-refractivity contribution is -0.131. The summed E-state index contributed by atoms with van der Waals surface area (Å²) in [5, 5.41) is 8.60. The van der Waals surface area contributed by atoms with Crippen LogP contribution in [0.25, 0.3) is 6.08 Å². The van der Waals surface area contributed by atoms with Gasteiger partial charge in [0.1, 0.15) is 11.5 Å². The quantitative estimate of drug-likeness (QED) is 0.863. The van der Waals surface area contributed by atoms with Crippen molar-refractivity contribution in [3.8, 4) is 11.5 Å². The SMILES string of the molecule is O=C(O)C=Cc1ccccc1Oc1ccc(F)c(F)c1. The van der Waals surface area contributed by atoms with Gasteiger partial charge in [-0.2, -0.15) is 0 Å². The lowest BCUT2D eigenvalue weighted by Gasteiger charge is -2.08. The highest BCUT2D eigenvalue weighted by Gasteiger charge is 2.06. The maximum atomic E-state index is 13.1. The predicted molar refractivity (Wildman–Crippen MR) is 69.5 cm³/mol. The molecule has 0 amide bonds. The Hall–Kier alpha value is -2.69. The standard InChI is InChI=1S/C15H10F2O3/c16-12-7-6-11(9-13(12)17)20-14-4-2-1-3-10(14)5-8-15(18)19/h1-9H,(H,18,19). The summed E-state index contributed by atoms with van der Waals surface area (Å²) in [6.45, 7) is 0. The van der Waals surface area contributed by atoms with Crippen LogP contribution in [0.2, 0.25) is 0 Å². The highest BCUT2D eigenvalue weighted by Crippen LogP contribution is 2.27. The Labute approximate surface area is 113 Å². The molecule has 102 valence electrons. The minimum Gasteiger partial charge on any atom is -0.478 e. The first-order valence-corrected chi connectivity index (χ1v) is 5.69. The third kappa shape index (κ3) is 3.41. The Kier molecular flexibility index (Phi) is 4.10. The monoisotopic (exact) mass is 276 g/mol. The largest absolute Gasteiger partial charge is 0.478 e. The van der Waals surface area contributed by atoms with Crippen molar-refractivity contribution in [2.24, 2.45) is 0 Å². The summed E-state index contributed by atoms with van der Waals surface area (Å²) in [6.07, 6.45) is 2.32. The van der Waals surface area contributed by atoms with Gasteiger partial charge >= 0.3 is 5.97 Å². The Morgan fingerprint density at radius 2 is 1.85 bits per heavy atom. The zero-order chi connectivity index (χ0) is 14.5. The molecule has 0 bridgehead atoms. The van der Waals surface area contributed by atoms with Gasteiger partial charge in [0.25, 0.3) is 0 Å². The molecule has 0 aliphatic rings. The van der Waals surface area contributed by atoms with Gasteiger partial charge in [0.2, 0.25) is 0 Å². The van der Waals surface area contributed by atoms with Crippen molar-refractivity contribution in [2.45, 2.75) is 0 Å². The first-order chi connectivity index (χ1) is 9.56. The van der Waals surface area contributed by atoms with Crippen LogP contribution in [-0.2, 0) is 4.79 Å². The molecule has 2 rings (SSSR count). The van der Waals surface area contributed by atoms with Crippen molar-refractivity contribution in [3.63, 3.8) is 0 Å². The first kappa shape index (κ1) is 13.7. The number of carbonyl (C=O) groups is 1. The summed E-state index contributed by atoms with van der Waals surface area (Å²) < 4.78 is 31.3. The van der Waals surface area contributed by atoms with Crippen molar-refractivity contribution in [1.82, 2.24) is 0 Å². The Morgan fingerprint density at radius 3 is 2.55 bits per heavy atom. The zero-order valence-corrected chi connectivity index (χ0v) is 10.2. The molecule has 0 aliphatic carbocycles. The number of hydrogen-bond donors (Lipinski definition) is 1. The van der Waals surface area contributed by atoms with Gasteiger partial charge in [-0.1, -0.05) is 18.2 Å². The molecule has 5 heteroatoms. The third-order valence-electron chi connectivity index (χ3n) is 2.44. The van der Waals surface area contributed by atoms with Gasteiger partial charge in [0.15, 0.2) is 11.6 Å². The number of carboxylic acids is 1. The first-order valence-electron chi connectivity index (χ1n) is 5.69. The van der Waals surface area contributed by atoms with Crippen LogP contribution in [-0.4, -0.2) is 11.1 Å². The molecule has 1 N–H and O–H groups in total. The summed E-state index contributed by atoms with van der Waals surface area (Å²) in [4.78, 5) is 10.5. The number of benzene rings is 2. The number of para-hydroxylation sites is 1. The lowest BCUT2D eigenvalue weighted by Crippen LogP contribution is -1.91. The summed E-state index contributed by atoms with van der Waals surface area (Å²) in [7, 11) is 0. The molecule has 0 aliphatic heterocycles. The van der Waals surface area contributed by atoms with Crippen LogP contribution < -0.4 is 4.74 Å². The molecule has 0 radical (unpaired) electrons. The van der Waals surface area contributed by atoms with Crippen molar-refractivity contribution < 1.29 is 23.4 Å². The maximum Gasteiger partial charge on any atom is 0.328 e. The van der Waals surface area contributed by atoms with Crippen molar-refractivity contribution in [1.29, 1.82) is 0 Å². The lowest BCUT2D eigenvalue weighted by atomic mass is 10.2. The van der Waals surface area contributed by atoms with Crippen LogP contribution in [0.4, 0.5) is 8.78 Å². The fraction of sp³-hybridized carbons (Fsp3) is 0. The fourth-order valence-electron chi connectivity index (χ4n) is 1.54. The smallest absolute Gasteiger partial charge is 0.328 e. The van der Waals surface area contributed by atoms with Crippen LogP contribution in [0.1, 0.15) is 5.56 Å². The van der Waals surface area contributed by atoms with Crippen LogP contribution in [0, 0.1) is 11.6 Å². The molecule has 0 atom stereocenters. The van der Waals surface area contributed by atoms with Crippen LogP contribution in [0.15, 0.2) is 48.5 Å². The van der Waals surface area contributed by atoms with Crippen molar-refractivity contribution >= 4 is 12.0 Å². The van der Waals surface area contributed by atoms with Crippen LogP contribution in [0.5, 0.6) is 11.5 Å². The van der Waals surface area contributed by atoms with Gasteiger partial charge in [-0.05, 0) is 24.3 Å². The van der Waals surface area contributed by atoms with Crippen molar-refractivity contribution in [3.05, 3.63) is 65.7 Å². The van der Waals surface area contributed by atoms with Crippen molar-refractivity contribution in [2.75, 3.05) is 0 Å². The van der Waals surface area contributed by atoms with E-state index in [1.807, 2.05) is 0 Å². The summed E-state index contributed by atoms with van der Waals surface area (Å²) in [5.41, 5.74) is 0.514. The van der Waals surface area contributed by atoms with Crippen LogP contribution >= 0.6 is 0 Å². The van der Waals surface area contributed by atoms with E-state index in [0.29, 0.717) is 11.3 Å². The van der Waals surface area contributed by atoms with Gasteiger partial charge < -0.3 is 9.84 Å². The van der Waals surface area contributed by atoms with E-state index in [1.165, 1.54) is 12.1 Å². The van der Waals surface area contributed by atoms with Crippen LogP contribution in [0.3, 0.4) is 0 Å². The highest BCUT2D eigenvalue weighted by atomic mass is 19.2. The molecule has 2 aromatic rings. The Morgan fingerprint density at radius 1 is 1.10 bits per heavy atom. The molecule has 0 saturated heterocycles. The Bertz CT molecular complexity index is 666. The maximum absolute atomic E-state index is 13.1. The zero-order valence-electron chi connectivity index (χ0n) is 10.2. The fourth-order valence-corrected chi connectivity index (χ4v) is 1.54. The van der Waals surface area contributed by atoms with E-state index in [0.717, 1.165) is 18.2 Å². The molecule has 20 heavy (non-hydrogen) atoms. The van der Waals surface area contributed by atoms with Gasteiger partial charge in [-0.15, -0.1) is 0 Å². The molecule has 0 aromatic heterocycles. The summed E-state index contributed by atoms with van der Waals surface area (Å²) >= 11 is 0. The predicted octanol–water partition coefficient (Wildman–Crippen LogP) is 3.85. The Balaban J connectivity index is 2.29. The molecule has 0 unspecified atom stereocenters. The summed E-state index contributed by atoms with van der Waals surface area (Å²) in [6, 6.07) is 9.81. The van der Waals surface area contributed by atoms with E-state index in [-0.39, 0.29) is 5.75 Å². The number of aliphatic carboxylic acids is 1. The topological polar surface area (TPSA) is 46.5 Å². The number of hydrogen-bond acceptors (Lipinski definition) is 2. The third-order valence-corrected chi connectivity index (χ3v) is 2.44. The second kappa shape index (κ2) is 5.97. The molecular formula is C15H10F2O3. The molecule has 3 nitrogen and oxygen atoms in total. The van der Waals surface area contributed by atoms with E-state index >= 15 is 0 Å². The second-order valence-electron chi connectivity index (χ2n) is 3.89. The number of ether oxygens (including phenoxy) is 1. The number of carboxylic acid groups (broad SMARTS) is 1. The minimum absolute atomic E-state index is 0.125. The van der Waals surface area contributed by atoms with E-state index in [2.05, 4.69) is 0 Å². The van der Waals surface area contributed by atoms with E-state index in [9.17, 15) is 13.6 Å².